The standard InChI is InChI=1S/C12H16N4S/c1-2-6-16-7-14-15-12(16)10-8-4-3-5-9(8)17-11(10)13/h7H,2-6,13H2,1H3. The van der Waals surface area contributed by atoms with Gasteiger partial charge in [-0.2, -0.15) is 0 Å². The smallest absolute Gasteiger partial charge is 0.167 e. The average Bonchev–Trinajstić information content (AvgIpc) is 2.95. The number of nitrogens with two attached hydrogens (primary N) is 1. The number of fused-ring (bicyclic) bond motifs is 1. The Morgan fingerprint density at radius 1 is 1.47 bits per heavy atom. The molecule has 2 heterocycles. The molecule has 0 unspecified atom stereocenters. The number of nitrogens with zero attached hydrogens (tertiary/aromatic N) is 3. The van der Waals surface area contributed by atoms with Crippen molar-refractivity contribution in [2.24, 2.45) is 0 Å². The van der Waals surface area contributed by atoms with E-state index >= 15 is 0 Å². The summed E-state index contributed by atoms with van der Waals surface area (Å²) in [6, 6.07) is 0. The van der Waals surface area contributed by atoms with Crippen molar-refractivity contribution < 1.29 is 0 Å². The molecule has 0 bridgehead atoms. The van der Waals surface area contributed by atoms with Crippen LogP contribution in [-0.2, 0) is 19.4 Å². The molecule has 1 aliphatic carbocycles. The molecule has 2 aromatic rings. The van der Waals surface area contributed by atoms with Crippen molar-refractivity contribution >= 4 is 16.3 Å². The van der Waals surface area contributed by atoms with Crippen LogP contribution in [0.25, 0.3) is 11.4 Å². The summed E-state index contributed by atoms with van der Waals surface area (Å²) in [5.41, 5.74) is 8.71. The first kappa shape index (κ1) is 10.8. The third kappa shape index (κ3) is 1.65. The maximum atomic E-state index is 6.15. The Bertz CT molecular complexity index is 541. The maximum absolute atomic E-state index is 6.15. The molecule has 2 aromatic heterocycles. The van der Waals surface area contributed by atoms with Crippen LogP contribution in [0.3, 0.4) is 0 Å². The van der Waals surface area contributed by atoms with Crippen molar-refractivity contribution in [3.05, 3.63) is 16.8 Å². The fraction of sp³-hybridized carbons (Fsp3) is 0.500. The van der Waals surface area contributed by atoms with Crippen LogP contribution in [0.4, 0.5) is 5.00 Å². The lowest BCUT2D eigenvalue weighted by molar-refractivity contribution is 0.682. The number of hydrogen-bond donors (Lipinski definition) is 1. The van der Waals surface area contributed by atoms with Gasteiger partial charge in [-0.05, 0) is 31.2 Å². The first-order valence-corrected chi connectivity index (χ1v) is 6.91. The number of hydrogen-bond acceptors (Lipinski definition) is 4. The predicted octanol–water partition coefficient (Wildman–Crippen LogP) is 2.49. The molecule has 0 fully saturated rings. The fourth-order valence-electron chi connectivity index (χ4n) is 2.52. The molecule has 17 heavy (non-hydrogen) atoms. The van der Waals surface area contributed by atoms with Crippen LogP contribution in [0.1, 0.15) is 30.2 Å². The van der Waals surface area contributed by atoms with Gasteiger partial charge in [0.05, 0.1) is 10.6 Å². The van der Waals surface area contributed by atoms with E-state index in [-0.39, 0.29) is 0 Å². The van der Waals surface area contributed by atoms with E-state index in [0.29, 0.717) is 0 Å². The molecule has 90 valence electrons. The lowest BCUT2D eigenvalue weighted by Crippen LogP contribution is -2.00. The van der Waals surface area contributed by atoms with E-state index in [0.717, 1.165) is 35.8 Å². The minimum atomic E-state index is 0.903. The summed E-state index contributed by atoms with van der Waals surface area (Å²) < 4.78 is 2.11. The van der Waals surface area contributed by atoms with Gasteiger partial charge in [0.15, 0.2) is 5.82 Å². The van der Waals surface area contributed by atoms with Gasteiger partial charge >= 0.3 is 0 Å². The van der Waals surface area contributed by atoms with Crippen LogP contribution in [0, 0.1) is 0 Å². The third-order valence-corrected chi connectivity index (χ3v) is 4.37. The summed E-state index contributed by atoms with van der Waals surface area (Å²) in [7, 11) is 0. The number of anilines is 1. The number of rotatable bonds is 3. The molecule has 0 aromatic carbocycles. The normalized spacial score (nSPS) is 14.2. The Hall–Kier alpha value is -1.36. The molecule has 0 spiro atoms. The van der Waals surface area contributed by atoms with Crippen LogP contribution in [-0.4, -0.2) is 14.8 Å². The SMILES string of the molecule is CCCn1cnnc1-c1c(N)sc2c1CCC2. The highest BCUT2D eigenvalue weighted by Gasteiger charge is 2.24. The van der Waals surface area contributed by atoms with Gasteiger partial charge in [-0.15, -0.1) is 21.5 Å². The van der Waals surface area contributed by atoms with Crippen molar-refractivity contribution in [1.29, 1.82) is 0 Å². The zero-order valence-electron chi connectivity index (χ0n) is 9.94. The van der Waals surface area contributed by atoms with E-state index in [1.807, 2.05) is 0 Å². The molecule has 0 amide bonds. The van der Waals surface area contributed by atoms with Crippen molar-refractivity contribution in [3.63, 3.8) is 0 Å². The Morgan fingerprint density at radius 3 is 3.18 bits per heavy atom. The second-order valence-electron chi connectivity index (χ2n) is 4.44. The number of thiophene rings is 1. The Balaban J connectivity index is 2.12. The fourth-order valence-corrected chi connectivity index (χ4v) is 3.68. The van der Waals surface area contributed by atoms with E-state index in [1.54, 1.807) is 17.7 Å². The van der Waals surface area contributed by atoms with Gasteiger partial charge < -0.3 is 10.3 Å². The number of nitrogen functional groups attached to an aromatic ring is 1. The third-order valence-electron chi connectivity index (χ3n) is 3.25. The summed E-state index contributed by atoms with van der Waals surface area (Å²) in [5, 5.41) is 9.18. The highest BCUT2D eigenvalue weighted by molar-refractivity contribution is 7.16. The van der Waals surface area contributed by atoms with Gasteiger partial charge in [-0.3, -0.25) is 0 Å². The van der Waals surface area contributed by atoms with Crippen LogP contribution in [0.2, 0.25) is 0 Å². The van der Waals surface area contributed by atoms with Gasteiger partial charge in [-0.25, -0.2) is 0 Å². The topological polar surface area (TPSA) is 56.7 Å². The summed E-state index contributed by atoms with van der Waals surface area (Å²) in [5.74, 6) is 0.948. The van der Waals surface area contributed by atoms with Crippen molar-refractivity contribution in [2.75, 3.05) is 5.73 Å². The summed E-state index contributed by atoms with van der Waals surface area (Å²) in [4.78, 5) is 1.45. The average molecular weight is 248 g/mol. The van der Waals surface area contributed by atoms with Gasteiger partial charge in [0.2, 0.25) is 0 Å². The van der Waals surface area contributed by atoms with Crippen molar-refractivity contribution in [3.8, 4) is 11.4 Å². The molecule has 1 aliphatic rings. The monoisotopic (exact) mass is 248 g/mol. The van der Waals surface area contributed by atoms with Crippen molar-refractivity contribution in [1.82, 2.24) is 14.8 Å². The molecule has 2 N–H and O–H groups in total. The lowest BCUT2D eigenvalue weighted by atomic mass is 10.1. The van der Waals surface area contributed by atoms with Gasteiger partial charge in [0.25, 0.3) is 0 Å². The van der Waals surface area contributed by atoms with Gasteiger partial charge in [0.1, 0.15) is 6.33 Å². The molecular formula is C12H16N4S. The highest BCUT2D eigenvalue weighted by atomic mass is 32.1. The van der Waals surface area contributed by atoms with Crippen molar-refractivity contribution in [2.45, 2.75) is 39.2 Å². The summed E-state index contributed by atoms with van der Waals surface area (Å²) in [6.07, 6.45) is 6.44. The second kappa shape index (κ2) is 4.14. The van der Waals surface area contributed by atoms with E-state index in [9.17, 15) is 0 Å². The molecule has 0 saturated heterocycles. The Labute approximate surface area is 104 Å². The largest absolute Gasteiger partial charge is 0.390 e. The zero-order valence-corrected chi connectivity index (χ0v) is 10.8. The minimum absolute atomic E-state index is 0.903. The maximum Gasteiger partial charge on any atom is 0.167 e. The van der Waals surface area contributed by atoms with E-state index in [4.69, 9.17) is 5.73 Å². The second-order valence-corrected chi connectivity index (χ2v) is 5.58. The summed E-state index contributed by atoms with van der Waals surface area (Å²) in [6.45, 7) is 3.11. The lowest BCUT2D eigenvalue weighted by Gasteiger charge is -2.06. The number of aromatic nitrogens is 3. The molecule has 4 nitrogen and oxygen atoms in total. The Morgan fingerprint density at radius 2 is 2.35 bits per heavy atom. The predicted molar refractivity (Wildman–Crippen MR) is 70.1 cm³/mol. The van der Waals surface area contributed by atoms with Crippen LogP contribution in [0.15, 0.2) is 6.33 Å². The van der Waals surface area contributed by atoms with Crippen LogP contribution in [0.5, 0.6) is 0 Å². The van der Waals surface area contributed by atoms with Gasteiger partial charge in [0, 0.05) is 11.4 Å². The Kier molecular flexibility index (Phi) is 2.63. The van der Waals surface area contributed by atoms with Gasteiger partial charge in [-0.1, -0.05) is 6.92 Å². The highest BCUT2D eigenvalue weighted by Crippen LogP contribution is 2.42. The van der Waals surface area contributed by atoms with E-state index in [1.165, 1.54) is 23.3 Å². The first-order valence-electron chi connectivity index (χ1n) is 6.09. The molecule has 0 aliphatic heterocycles. The van der Waals surface area contributed by atoms with Crippen LogP contribution >= 0.6 is 11.3 Å². The van der Waals surface area contributed by atoms with E-state index in [2.05, 4.69) is 21.7 Å². The van der Waals surface area contributed by atoms with E-state index < -0.39 is 0 Å². The summed E-state index contributed by atoms with van der Waals surface area (Å²) >= 11 is 1.73. The molecule has 5 heteroatoms. The number of aryl methyl sites for hydroxylation is 2. The molecule has 3 rings (SSSR count). The zero-order chi connectivity index (χ0) is 11.8. The first-order chi connectivity index (χ1) is 8.31. The minimum Gasteiger partial charge on any atom is -0.390 e. The quantitative estimate of drug-likeness (QED) is 0.908. The van der Waals surface area contributed by atoms with Crippen LogP contribution < -0.4 is 5.73 Å². The molecular weight excluding hydrogens is 232 g/mol. The molecule has 0 radical (unpaired) electrons. The molecule has 0 atom stereocenters. The molecule has 0 saturated carbocycles.